The van der Waals surface area contributed by atoms with Gasteiger partial charge in [-0.3, -0.25) is 4.79 Å². The third-order valence-electron chi connectivity index (χ3n) is 5.31. The summed E-state index contributed by atoms with van der Waals surface area (Å²) in [5.74, 6) is 1.05. The van der Waals surface area contributed by atoms with Crippen molar-refractivity contribution in [3.63, 3.8) is 0 Å². The van der Waals surface area contributed by atoms with Gasteiger partial charge in [-0.2, -0.15) is 9.59 Å². The van der Waals surface area contributed by atoms with Crippen molar-refractivity contribution in [2.45, 2.75) is 26.4 Å². The van der Waals surface area contributed by atoms with Crippen LogP contribution in [0, 0.1) is 29.6 Å². The summed E-state index contributed by atoms with van der Waals surface area (Å²) in [5.41, 5.74) is 0.332. The zero-order valence-corrected chi connectivity index (χ0v) is 14.4. The van der Waals surface area contributed by atoms with Crippen LogP contribution in [0.5, 0.6) is 0 Å². The van der Waals surface area contributed by atoms with E-state index in [1.165, 1.54) is 0 Å². The Morgan fingerprint density at radius 3 is 2.44 bits per heavy atom. The number of hydrogen-bond donors (Lipinski definition) is 0. The fourth-order valence-electron chi connectivity index (χ4n) is 4.36. The Labute approximate surface area is 146 Å². The lowest BCUT2D eigenvalue weighted by Crippen LogP contribution is -2.36. The van der Waals surface area contributed by atoms with Crippen molar-refractivity contribution in [3.8, 4) is 0 Å². The smallest absolute Gasteiger partial charge is 0.373 e. The summed E-state index contributed by atoms with van der Waals surface area (Å²) < 4.78 is 16.1. The van der Waals surface area contributed by atoms with Crippen LogP contribution in [-0.4, -0.2) is 37.4 Å². The summed E-state index contributed by atoms with van der Waals surface area (Å²) in [6, 6.07) is 0. The lowest BCUT2D eigenvalue weighted by molar-refractivity contribution is -0.191. The van der Waals surface area contributed by atoms with Gasteiger partial charge in [0.25, 0.3) is 0 Å². The molecular formula is C18H22O7. The number of allylic oxidation sites excluding steroid dienone is 1. The van der Waals surface area contributed by atoms with Crippen molar-refractivity contribution in [2.24, 2.45) is 29.6 Å². The van der Waals surface area contributed by atoms with Crippen LogP contribution in [0.4, 0.5) is 0 Å². The maximum atomic E-state index is 12.4. The normalized spacial score (nSPS) is 33.6. The first kappa shape index (κ1) is 18.9. The van der Waals surface area contributed by atoms with Gasteiger partial charge in [0.1, 0.15) is 19.3 Å². The number of fused-ring (bicyclic) bond motifs is 1. The van der Waals surface area contributed by atoms with Gasteiger partial charge in [-0.25, -0.2) is 4.79 Å². The minimum absolute atomic E-state index is 0.0541. The van der Waals surface area contributed by atoms with Crippen molar-refractivity contribution in [2.75, 3.05) is 13.2 Å². The van der Waals surface area contributed by atoms with E-state index in [1.54, 1.807) is 6.92 Å². The van der Waals surface area contributed by atoms with Gasteiger partial charge >= 0.3 is 18.1 Å². The van der Waals surface area contributed by atoms with Crippen LogP contribution in [0.1, 0.15) is 20.3 Å². The molecule has 1 saturated heterocycles. The van der Waals surface area contributed by atoms with E-state index in [4.69, 9.17) is 23.8 Å². The van der Waals surface area contributed by atoms with Crippen molar-refractivity contribution in [1.82, 2.24) is 0 Å². The molecule has 7 nitrogen and oxygen atoms in total. The number of carbonyl (C=O) groups excluding carboxylic acids is 4. The molecule has 6 unspecified atom stereocenters. The second kappa shape index (κ2) is 7.66. The van der Waals surface area contributed by atoms with Gasteiger partial charge in [0, 0.05) is 17.4 Å². The zero-order valence-electron chi connectivity index (χ0n) is 14.4. The van der Waals surface area contributed by atoms with Crippen LogP contribution < -0.4 is 0 Å². The Hall–Kier alpha value is -2.40. The number of rotatable bonds is 5. The third kappa shape index (κ3) is 3.51. The maximum Gasteiger partial charge on any atom is 0.373 e. The van der Waals surface area contributed by atoms with E-state index in [9.17, 15) is 9.59 Å². The van der Waals surface area contributed by atoms with Crippen LogP contribution in [0.3, 0.4) is 0 Å². The summed E-state index contributed by atoms with van der Waals surface area (Å²) in [6.45, 7) is 11.3. The fraction of sp³-hybridized carbons (Fsp3) is 0.611. The molecule has 3 fully saturated rings. The molecule has 0 aromatic heterocycles. The predicted octanol–water partition coefficient (Wildman–Crippen LogP) is 1.50. The SMILES string of the molecule is C=C(C)C(=O)OCCOC(=O)C1C2CC3C(OC(=C)C31)C2C.O=C=O. The summed E-state index contributed by atoms with van der Waals surface area (Å²) in [7, 11) is 0. The van der Waals surface area contributed by atoms with Crippen LogP contribution in [0.25, 0.3) is 0 Å². The Bertz CT molecular complexity index is 617. The second-order valence-electron chi connectivity index (χ2n) is 6.69. The van der Waals surface area contributed by atoms with Gasteiger partial charge in [0.05, 0.1) is 11.7 Å². The van der Waals surface area contributed by atoms with E-state index in [1.807, 2.05) is 0 Å². The van der Waals surface area contributed by atoms with Crippen molar-refractivity contribution in [3.05, 3.63) is 24.5 Å². The van der Waals surface area contributed by atoms with Crippen molar-refractivity contribution < 1.29 is 33.4 Å². The molecule has 3 rings (SSSR count). The molecular weight excluding hydrogens is 328 g/mol. The number of esters is 2. The van der Waals surface area contributed by atoms with Gasteiger partial charge in [-0.15, -0.1) is 0 Å². The van der Waals surface area contributed by atoms with E-state index in [0.717, 1.165) is 12.2 Å². The molecule has 7 heteroatoms. The summed E-state index contributed by atoms with van der Waals surface area (Å²) in [4.78, 5) is 39.9. The van der Waals surface area contributed by atoms with Crippen LogP contribution in [0.15, 0.2) is 24.5 Å². The highest BCUT2D eigenvalue weighted by molar-refractivity contribution is 5.86. The lowest BCUT2D eigenvalue weighted by Gasteiger charge is -2.28. The van der Waals surface area contributed by atoms with E-state index < -0.39 is 5.97 Å². The molecule has 25 heavy (non-hydrogen) atoms. The largest absolute Gasteiger partial charge is 0.494 e. The van der Waals surface area contributed by atoms with Gasteiger partial charge in [0.15, 0.2) is 0 Å². The molecule has 0 aromatic carbocycles. The van der Waals surface area contributed by atoms with Crippen LogP contribution in [0.2, 0.25) is 0 Å². The molecule has 1 aliphatic heterocycles. The number of carbonyl (C=O) groups is 2. The first-order valence-electron chi connectivity index (χ1n) is 8.17. The van der Waals surface area contributed by atoms with Gasteiger partial charge in [-0.05, 0) is 25.2 Å². The number of ether oxygens (including phenoxy) is 3. The molecule has 3 aliphatic rings. The average Bonchev–Trinajstić information content (AvgIpc) is 3.16. The Morgan fingerprint density at radius 2 is 1.84 bits per heavy atom. The van der Waals surface area contributed by atoms with Crippen molar-refractivity contribution in [1.29, 1.82) is 0 Å². The summed E-state index contributed by atoms with van der Waals surface area (Å²) in [5, 5.41) is 0. The average molecular weight is 350 g/mol. The third-order valence-corrected chi connectivity index (χ3v) is 5.31. The van der Waals surface area contributed by atoms with Crippen molar-refractivity contribution >= 4 is 18.1 Å². The molecule has 2 bridgehead atoms. The van der Waals surface area contributed by atoms with E-state index in [2.05, 4.69) is 20.1 Å². The topological polar surface area (TPSA) is 96.0 Å². The minimum Gasteiger partial charge on any atom is -0.494 e. The molecule has 0 spiro atoms. The molecule has 0 amide bonds. The summed E-state index contributed by atoms with van der Waals surface area (Å²) >= 11 is 0. The molecule has 2 aliphatic carbocycles. The highest BCUT2D eigenvalue weighted by atomic mass is 16.6. The first-order chi connectivity index (χ1) is 11.8. The standard InChI is InChI=1S/C17H22O5.CO2/c1-8(2)16(18)20-5-6-21-17(19)14-11-7-12-13(14)10(4)22-15(12)9(11)3;2-1-3/h9,11-15H,1,4-7H2,2-3H3;. The highest BCUT2D eigenvalue weighted by Gasteiger charge is 2.65. The van der Waals surface area contributed by atoms with Gasteiger partial charge in [0.2, 0.25) is 0 Å². The molecule has 0 aromatic rings. The Morgan fingerprint density at radius 1 is 1.24 bits per heavy atom. The van der Waals surface area contributed by atoms with Crippen LogP contribution in [-0.2, 0) is 33.4 Å². The molecule has 0 radical (unpaired) electrons. The Kier molecular flexibility index (Phi) is 5.80. The predicted molar refractivity (Wildman–Crippen MR) is 83.5 cm³/mol. The number of hydrogen-bond acceptors (Lipinski definition) is 7. The lowest BCUT2D eigenvalue weighted by atomic mass is 9.74. The van der Waals surface area contributed by atoms with Gasteiger partial charge in [-0.1, -0.05) is 20.1 Å². The molecule has 136 valence electrons. The van der Waals surface area contributed by atoms with E-state index in [-0.39, 0.29) is 43.3 Å². The molecule has 0 N–H and O–H groups in total. The Balaban J connectivity index is 0.000000701. The molecule has 6 atom stereocenters. The highest BCUT2D eigenvalue weighted by Crippen LogP contribution is 2.63. The second-order valence-corrected chi connectivity index (χ2v) is 6.69. The molecule has 2 saturated carbocycles. The minimum atomic E-state index is -0.468. The van der Waals surface area contributed by atoms with Gasteiger partial charge < -0.3 is 14.2 Å². The van der Waals surface area contributed by atoms with Crippen LogP contribution >= 0.6 is 0 Å². The molecule has 1 heterocycles. The summed E-state index contributed by atoms with van der Waals surface area (Å²) in [6.07, 6.45) is 1.49. The first-order valence-corrected chi connectivity index (χ1v) is 8.17. The monoisotopic (exact) mass is 350 g/mol. The zero-order chi connectivity index (χ0) is 18.7. The van der Waals surface area contributed by atoms with E-state index >= 15 is 0 Å². The quantitative estimate of drug-likeness (QED) is 0.421. The fourth-order valence-corrected chi connectivity index (χ4v) is 4.36. The van der Waals surface area contributed by atoms with E-state index in [0.29, 0.717) is 23.3 Å². The maximum absolute atomic E-state index is 12.4.